The number of carbonyl (C=O) groups excluding carboxylic acids is 2. The normalized spacial score (nSPS) is 11.0. The van der Waals surface area contributed by atoms with Gasteiger partial charge in [0.15, 0.2) is 5.78 Å². The Morgan fingerprint density at radius 1 is 1.04 bits per heavy atom. The van der Waals surface area contributed by atoms with Crippen LogP contribution in [-0.4, -0.2) is 26.4 Å². The minimum absolute atomic E-state index is 0.102. The molecule has 0 bridgehead atoms. The van der Waals surface area contributed by atoms with Gasteiger partial charge in [-0.25, -0.2) is 8.42 Å². The lowest BCUT2D eigenvalue weighted by Crippen LogP contribution is -2.13. The van der Waals surface area contributed by atoms with E-state index < -0.39 is 15.9 Å². The third-order valence-corrected chi connectivity index (χ3v) is 3.96. The zero-order valence-electron chi connectivity index (χ0n) is 13.0. The van der Waals surface area contributed by atoms with Gasteiger partial charge >= 0.3 is 0 Å². The highest BCUT2D eigenvalue weighted by atomic mass is 35.5. The molecule has 0 saturated heterocycles. The number of ketones is 1. The van der Waals surface area contributed by atoms with E-state index in [0.29, 0.717) is 11.3 Å². The number of benzene rings is 2. The molecule has 2 aromatic rings. The molecular formula is C16H15ClN2O4S. The minimum Gasteiger partial charge on any atom is -0.322 e. The largest absolute Gasteiger partial charge is 0.322 e. The Morgan fingerprint density at radius 2 is 1.75 bits per heavy atom. The van der Waals surface area contributed by atoms with E-state index in [1.165, 1.54) is 25.1 Å². The van der Waals surface area contributed by atoms with Gasteiger partial charge in [0.25, 0.3) is 5.91 Å². The van der Waals surface area contributed by atoms with Crippen LogP contribution in [0.25, 0.3) is 0 Å². The first-order valence-corrected chi connectivity index (χ1v) is 9.12. The number of nitrogens with one attached hydrogen (secondary N) is 2. The Kier molecular flexibility index (Phi) is 5.26. The molecule has 0 aliphatic rings. The van der Waals surface area contributed by atoms with Crippen molar-refractivity contribution in [3.05, 3.63) is 58.6 Å². The van der Waals surface area contributed by atoms with Gasteiger partial charge in [0.2, 0.25) is 10.0 Å². The van der Waals surface area contributed by atoms with Crippen molar-refractivity contribution in [3.63, 3.8) is 0 Å². The van der Waals surface area contributed by atoms with E-state index in [1.54, 1.807) is 24.3 Å². The lowest BCUT2D eigenvalue weighted by atomic mass is 10.1. The summed E-state index contributed by atoms with van der Waals surface area (Å²) < 4.78 is 24.7. The van der Waals surface area contributed by atoms with Gasteiger partial charge in [0.05, 0.1) is 17.0 Å². The maximum absolute atomic E-state index is 12.3. The summed E-state index contributed by atoms with van der Waals surface area (Å²) in [6, 6.07) is 10.8. The molecule has 0 aliphatic carbocycles. The average molecular weight is 367 g/mol. The van der Waals surface area contributed by atoms with Crippen molar-refractivity contribution in [2.24, 2.45) is 0 Å². The van der Waals surface area contributed by atoms with Gasteiger partial charge in [-0.1, -0.05) is 23.7 Å². The molecule has 6 nitrogen and oxygen atoms in total. The second-order valence-electron chi connectivity index (χ2n) is 5.16. The zero-order valence-corrected chi connectivity index (χ0v) is 14.5. The summed E-state index contributed by atoms with van der Waals surface area (Å²) in [5, 5.41) is 2.76. The molecule has 0 fully saturated rings. The lowest BCUT2D eigenvalue weighted by molar-refractivity contribution is 0.101. The van der Waals surface area contributed by atoms with Gasteiger partial charge in [-0.3, -0.25) is 14.3 Å². The second kappa shape index (κ2) is 7.02. The Balaban J connectivity index is 2.20. The quantitative estimate of drug-likeness (QED) is 0.795. The number of hydrogen-bond acceptors (Lipinski definition) is 4. The summed E-state index contributed by atoms with van der Waals surface area (Å²) in [5.41, 5.74) is 1.40. The molecule has 0 saturated carbocycles. The molecule has 0 unspecified atom stereocenters. The number of halogens is 1. The molecule has 0 heterocycles. The van der Waals surface area contributed by atoms with Crippen molar-refractivity contribution in [1.82, 2.24) is 0 Å². The summed E-state index contributed by atoms with van der Waals surface area (Å²) in [4.78, 5) is 23.6. The van der Waals surface area contributed by atoms with Crippen molar-refractivity contribution in [1.29, 1.82) is 0 Å². The fourth-order valence-corrected chi connectivity index (χ4v) is 2.82. The Morgan fingerprint density at radius 3 is 2.33 bits per heavy atom. The molecule has 0 spiro atoms. The molecule has 126 valence electrons. The van der Waals surface area contributed by atoms with Crippen molar-refractivity contribution in [2.75, 3.05) is 16.3 Å². The van der Waals surface area contributed by atoms with Crippen LogP contribution in [0.15, 0.2) is 42.5 Å². The van der Waals surface area contributed by atoms with E-state index in [-0.39, 0.29) is 22.1 Å². The summed E-state index contributed by atoms with van der Waals surface area (Å²) >= 11 is 6.00. The van der Waals surface area contributed by atoms with E-state index >= 15 is 0 Å². The van der Waals surface area contributed by atoms with Gasteiger partial charge in [-0.15, -0.1) is 0 Å². The summed E-state index contributed by atoms with van der Waals surface area (Å²) in [5.74, 6) is -0.533. The Labute approximate surface area is 144 Å². The fraction of sp³-hybridized carbons (Fsp3) is 0.125. The number of hydrogen-bond donors (Lipinski definition) is 2. The van der Waals surface area contributed by atoms with E-state index in [1.807, 2.05) is 0 Å². The van der Waals surface area contributed by atoms with Crippen LogP contribution in [0.2, 0.25) is 5.02 Å². The first-order valence-electron chi connectivity index (χ1n) is 6.85. The maximum Gasteiger partial charge on any atom is 0.255 e. The second-order valence-corrected chi connectivity index (χ2v) is 7.32. The molecule has 8 heteroatoms. The van der Waals surface area contributed by atoms with Gasteiger partial charge in [0, 0.05) is 16.8 Å². The molecule has 0 radical (unpaired) electrons. The number of amides is 1. The average Bonchev–Trinajstić information content (AvgIpc) is 2.48. The first kappa shape index (κ1) is 18.0. The van der Waals surface area contributed by atoms with Crippen LogP contribution in [0.1, 0.15) is 27.6 Å². The highest BCUT2D eigenvalue weighted by Gasteiger charge is 2.12. The molecule has 1 amide bonds. The summed E-state index contributed by atoms with van der Waals surface area (Å²) in [6.07, 6.45) is 1.01. The minimum atomic E-state index is -3.46. The van der Waals surface area contributed by atoms with Crippen LogP contribution in [-0.2, 0) is 10.0 Å². The predicted octanol–water partition coefficient (Wildman–Crippen LogP) is 3.17. The van der Waals surface area contributed by atoms with E-state index in [9.17, 15) is 18.0 Å². The topological polar surface area (TPSA) is 92.3 Å². The number of Topliss-reactive ketones (excluding diaryl/α,β-unsaturated/α-hetero) is 1. The van der Waals surface area contributed by atoms with E-state index in [4.69, 9.17) is 11.6 Å². The Hall–Kier alpha value is -2.38. The number of rotatable bonds is 5. The van der Waals surface area contributed by atoms with Crippen LogP contribution in [0.4, 0.5) is 11.4 Å². The van der Waals surface area contributed by atoms with Gasteiger partial charge in [-0.2, -0.15) is 0 Å². The number of sulfonamides is 1. The molecule has 2 rings (SSSR count). The van der Waals surface area contributed by atoms with Crippen molar-refractivity contribution in [3.8, 4) is 0 Å². The highest BCUT2D eigenvalue weighted by molar-refractivity contribution is 7.92. The van der Waals surface area contributed by atoms with Gasteiger partial charge in [-0.05, 0) is 37.3 Å². The molecule has 24 heavy (non-hydrogen) atoms. The number of anilines is 2. The van der Waals surface area contributed by atoms with Gasteiger partial charge < -0.3 is 5.32 Å². The van der Waals surface area contributed by atoms with Crippen LogP contribution in [0.5, 0.6) is 0 Å². The zero-order chi connectivity index (χ0) is 17.9. The standard InChI is InChI=1S/C16H15ClN2O4S/c1-10(20)11-4-3-5-13(8-11)18-16(21)12-6-7-15(14(17)9-12)19-24(2,22)23/h3-9,19H,1-2H3,(H,18,21). The third kappa shape index (κ3) is 4.81. The highest BCUT2D eigenvalue weighted by Crippen LogP contribution is 2.24. The van der Waals surface area contributed by atoms with Crippen LogP contribution in [0.3, 0.4) is 0 Å². The van der Waals surface area contributed by atoms with Crippen molar-refractivity contribution < 1.29 is 18.0 Å². The summed E-state index contributed by atoms with van der Waals surface area (Å²) in [7, 11) is -3.46. The van der Waals surface area contributed by atoms with Crippen molar-refractivity contribution >= 4 is 44.7 Å². The van der Waals surface area contributed by atoms with E-state index in [0.717, 1.165) is 6.26 Å². The van der Waals surface area contributed by atoms with Crippen molar-refractivity contribution in [2.45, 2.75) is 6.92 Å². The van der Waals surface area contributed by atoms with Crippen LogP contribution < -0.4 is 10.0 Å². The first-order chi connectivity index (χ1) is 11.2. The molecule has 2 N–H and O–H groups in total. The predicted molar refractivity (Wildman–Crippen MR) is 94.3 cm³/mol. The maximum atomic E-state index is 12.3. The lowest BCUT2D eigenvalue weighted by Gasteiger charge is -2.09. The molecule has 0 aliphatic heterocycles. The summed E-state index contributed by atoms with van der Waals surface area (Å²) in [6.45, 7) is 1.44. The molecule has 0 atom stereocenters. The van der Waals surface area contributed by atoms with Crippen LogP contribution >= 0.6 is 11.6 Å². The molecule has 2 aromatic carbocycles. The van der Waals surface area contributed by atoms with E-state index in [2.05, 4.69) is 10.0 Å². The smallest absolute Gasteiger partial charge is 0.255 e. The third-order valence-electron chi connectivity index (χ3n) is 3.05. The monoisotopic (exact) mass is 366 g/mol. The molecule has 0 aromatic heterocycles. The van der Waals surface area contributed by atoms with Crippen LogP contribution in [0, 0.1) is 0 Å². The van der Waals surface area contributed by atoms with Gasteiger partial charge in [0.1, 0.15) is 0 Å². The molecular weight excluding hydrogens is 352 g/mol. The Bertz CT molecular complexity index is 910. The number of carbonyl (C=O) groups is 2. The fourth-order valence-electron chi connectivity index (χ4n) is 1.96. The SMILES string of the molecule is CC(=O)c1cccc(NC(=O)c2ccc(NS(C)(=O)=O)c(Cl)c2)c1.